The Hall–Kier alpha value is -0.0800. The van der Waals surface area contributed by atoms with Crippen LogP contribution in [0.3, 0.4) is 0 Å². The maximum Gasteiger partial charge on any atom is 0.0138 e. The molecular weight excluding hydrogens is 244 g/mol. The molecule has 118 valence electrons. The number of nitrogens with two attached hydrogens (primary N) is 1. The van der Waals surface area contributed by atoms with Gasteiger partial charge in [0.05, 0.1) is 0 Å². The zero-order chi connectivity index (χ0) is 14.9. The van der Waals surface area contributed by atoms with Gasteiger partial charge in [0.15, 0.2) is 0 Å². The average Bonchev–Trinajstić information content (AvgIpc) is 2.40. The summed E-state index contributed by atoms with van der Waals surface area (Å²) < 4.78 is 0. The number of hydrogen-bond donors (Lipinski definition) is 1. The topological polar surface area (TPSA) is 29.3 Å². The van der Waals surface area contributed by atoms with E-state index < -0.39 is 0 Å². The lowest BCUT2D eigenvalue weighted by Crippen LogP contribution is -2.52. The van der Waals surface area contributed by atoms with E-state index in [1.165, 1.54) is 38.8 Å². The number of likely N-dealkylation sites (tertiary alicyclic amines) is 1. The number of hydrogen-bond acceptors (Lipinski definition) is 2. The molecule has 1 saturated heterocycles. The predicted molar refractivity (Wildman–Crippen MR) is 87.6 cm³/mol. The lowest BCUT2D eigenvalue weighted by Gasteiger charge is -2.49. The van der Waals surface area contributed by atoms with Gasteiger partial charge in [-0.2, -0.15) is 0 Å². The van der Waals surface area contributed by atoms with E-state index in [0.717, 1.165) is 36.3 Å². The molecule has 1 aliphatic carbocycles. The molecule has 0 spiro atoms. The summed E-state index contributed by atoms with van der Waals surface area (Å²) in [7, 11) is 0. The number of nitrogens with zero attached hydrogens (tertiary/aromatic N) is 1. The fourth-order valence-corrected chi connectivity index (χ4v) is 4.31. The summed E-state index contributed by atoms with van der Waals surface area (Å²) in [6.07, 6.45) is 5.45. The molecule has 5 unspecified atom stereocenters. The molecule has 2 heteroatoms. The Morgan fingerprint density at radius 3 is 2.30 bits per heavy atom. The molecule has 1 saturated carbocycles. The van der Waals surface area contributed by atoms with E-state index >= 15 is 0 Å². The standard InChI is InChI=1S/C18H36N2/c1-13-8-9-20(12-14(13)2)17-10-16(18(3,4)5)7-6-15(17)11-19/h13-17H,6-12,19H2,1-5H3. The fraction of sp³-hybridized carbons (Fsp3) is 1.00. The molecule has 20 heavy (non-hydrogen) atoms. The van der Waals surface area contributed by atoms with Gasteiger partial charge in [-0.1, -0.05) is 34.6 Å². The smallest absolute Gasteiger partial charge is 0.0138 e. The normalized spacial score (nSPS) is 40.8. The third kappa shape index (κ3) is 3.57. The molecule has 2 aliphatic rings. The van der Waals surface area contributed by atoms with Crippen LogP contribution in [0.15, 0.2) is 0 Å². The Bertz CT molecular complexity index is 307. The van der Waals surface area contributed by atoms with E-state index in [-0.39, 0.29) is 0 Å². The quantitative estimate of drug-likeness (QED) is 0.834. The minimum Gasteiger partial charge on any atom is -0.330 e. The summed E-state index contributed by atoms with van der Waals surface area (Å²) in [4.78, 5) is 2.79. The second-order valence-corrected chi connectivity index (χ2v) is 8.68. The molecule has 0 amide bonds. The summed E-state index contributed by atoms with van der Waals surface area (Å²) in [5.41, 5.74) is 6.54. The summed E-state index contributed by atoms with van der Waals surface area (Å²) in [5.74, 6) is 3.33. The molecule has 1 aliphatic heterocycles. The van der Waals surface area contributed by atoms with Crippen molar-refractivity contribution < 1.29 is 0 Å². The van der Waals surface area contributed by atoms with Gasteiger partial charge >= 0.3 is 0 Å². The maximum absolute atomic E-state index is 6.09. The maximum atomic E-state index is 6.09. The molecule has 0 bridgehead atoms. The molecule has 1 heterocycles. The summed E-state index contributed by atoms with van der Waals surface area (Å²) in [5, 5.41) is 0. The Morgan fingerprint density at radius 1 is 1.05 bits per heavy atom. The molecule has 5 atom stereocenters. The van der Waals surface area contributed by atoms with Crippen molar-refractivity contribution >= 4 is 0 Å². The van der Waals surface area contributed by atoms with Gasteiger partial charge in [0.1, 0.15) is 0 Å². The second kappa shape index (κ2) is 6.36. The average molecular weight is 280 g/mol. The van der Waals surface area contributed by atoms with Crippen molar-refractivity contribution in [3.05, 3.63) is 0 Å². The Kier molecular flexibility index (Phi) is 5.18. The highest BCUT2D eigenvalue weighted by Gasteiger charge is 2.39. The number of piperidine rings is 1. The van der Waals surface area contributed by atoms with Crippen molar-refractivity contribution in [3.63, 3.8) is 0 Å². The molecule has 0 aromatic heterocycles. The highest BCUT2D eigenvalue weighted by molar-refractivity contribution is 4.93. The van der Waals surface area contributed by atoms with E-state index in [2.05, 4.69) is 39.5 Å². The van der Waals surface area contributed by atoms with Gasteiger partial charge in [0.25, 0.3) is 0 Å². The van der Waals surface area contributed by atoms with Crippen LogP contribution in [-0.2, 0) is 0 Å². The van der Waals surface area contributed by atoms with Crippen molar-refractivity contribution in [2.24, 2.45) is 34.8 Å². The van der Waals surface area contributed by atoms with Crippen LogP contribution in [0.25, 0.3) is 0 Å². The highest BCUT2D eigenvalue weighted by atomic mass is 15.2. The Labute approximate surface area is 126 Å². The van der Waals surface area contributed by atoms with Crippen LogP contribution in [0.2, 0.25) is 0 Å². The zero-order valence-electron chi connectivity index (χ0n) is 14.4. The van der Waals surface area contributed by atoms with Crippen LogP contribution in [0.4, 0.5) is 0 Å². The summed E-state index contributed by atoms with van der Waals surface area (Å²) >= 11 is 0. The van der Waals surface area contributed by atoms with Crippen LogP contribution in [-0.4, -0.2) is 30.6 Å². The zero-order valence-corrected chi connectivity index (χ0v) is 14.4. The van der Waals surface area contributed by atoms with Crippen LogP contribution < -0.4 is 5.73 Å². The largest absolute Gasteiger partial charge is 0.330 e. The third-order valence-corrected chi connectivity index (χ3v) is 6.32. The molecule has 0 aromatic carbocycles. The monoisotopic (exact) mass is 280 g/mol. The van der Waals surface area contributed by atoms with Crippen LogP contribution >= 0.6 is 0 Å². The lowest BCUT2D eigenvalue weighted by molar-refractivity contribution is 0.0117. The summed E-state index contributed by atoms with van der Waals surface area (Å²) in [6, 6.07) is 0.743. The van der Waals surface area contributed by atoms with Gasteiger partial charge in [-0.3, -0.25) is 4.90 Å². The summed E-state index contributed by atoms with van der Waals surface area (Å²) in [6.45, 7) is 15.6. The molecular formula is C18H36N2. The highest BCUT2D eigenvalue weighted by Crippen LogP contribution is 2.42. The Balaban J connectivity index is 2.05. The van der Waals surface area contributed by atoms with Crippen molar-refractivity contribution in [1.29, 1.82) is 0 Å². The van der Waals surface area contributed by atoms with Crippen molar-refractivity contribution in [2.75, 3.05) is 19.6 Å². The molecule has 2 rings (SSSR count). The second-order valence-electron chi connectivity index (χ2n) is 8.68. The van der Waals surface area contributed by atoms with E-state index in [9.17, 15) is 0 Å². The molecule has 0 radical (unpaired) electrons. The molecule has 2 fully saturated rings. The first kappa shape index (κ1) is 16.3. The van der Waals surface area contributed by atoms with Crippen molar-refractivity contribution in [2.45, 2.75) is 66.3 Å². The minimum atomic E-state index is 0.451. The van der Waals surface area contributed by atoms with E-state index in [0.29, 0.717) is 5.41 Å². The van der Waals surface area contributed by atoms with Gasteiger partial charge < -0.3 is 5.73 Å². The van der Waals surface area contributed by atoms with Crippen molar-refractivity contribution in [1.82, 2.24) is 4.90 Å². The SMILES string of the molecule is CC1CCN(C2CC(C(C)(C)C)CCC2CN)CC1C. The first-order chi connectivity index (χ1) is 9.32. The van der Waals surface area contributed by atoms with E-state index in [4.69, 9.17) is 5.73 Å². The van der Waals surface area contributed by atoms with E-state index in [1.807, 2.05) is 0 Å². The van der Waals surface area contributed by atoms with Crippen molar-refractivity contribution in [3.8, 4) is 0 Å². The molecule has 0 aromatic rings. The van der Waals surface area contributed by atoms with Gasteiger partial charge in [-0.05, 0) is 67.9 Å². The number of rotatable bonds is 2. The van der Waals surface area contributed by atoms with Gasteiger partial charge in [0, 0.05) is 12.6 Å². The molecule has 2 nitrogen and oxygen atoms in total. The fourth-order valence-electron chi connectivity index (χ4n) is 4.31. The first-order valence-electron chi connectivity index (χ1n) is 8.77. The first-order valence-corrected chi connectivity index (χ1v) is 8.77. The third-order valence-electron chi connectivity index (χ3n) is 6.32. The molecule has 2 N–H and O–H groups in total. The lowest BCUT2D eigenvalue weighted by atomic mass is 9.67. The minimum absolute atomic E-state index is 0.451. The van der Waals surface area contributed by atoms with Gasteiger partial charge in [-0.25, -0.2) is 0 Å². The van der Waals surface area contributed by atoms with Crippen LogP contribution in [0.1, 0.15) is 60.3 Å². The van der Waals surface area contributed by atoms with Gasteiger partial charge in [-0.15, -0.1) is 0 Å². The van der Waals surface area contributed by atoms with Crippen LogP contribution in [0, 0.1) is 29.1 Å². The van der Waals surface area contributed by atoms with Crippen LogP contribution in [0.5, 0.6) is 0 Å². The Morgan fingerprint density at radius 2 is 1.75 bits per heavy atom. The van der Waals surface area contributed by atoms with E-state index in [1.54, 1.807) is 0 Å². The van der Waals surface area contributed by atoms with Gasteiger partial charge in [0.2, 0.25) is 0 Å². The predicted octanol–water partition coefficient (Wildman–Crippen LogP) is 3.75.